The number of benzene rings is 1. The number of hydrogen-bond donors (Lipinski definition) is 1. The summed E-state index contributed by atoms with van der Waals surface area (Å²) < 4.78 is 20.7. The maximum absolute atomic E-state index is 13.3. The Kier molecular flexibility index (Phi) is 3.79. The highest BCUT2D eigenvalue weighted by Crippen LogP contribution is 2.42. The third-order valence-electron chi connectivity index (χ3n) is 3.18. The number of nitrogens with zero attached hydrogens (tertiary/aromatic N) is 1. The van der Waals surface area contributed by atoms with Gasteiger partial charge in [-0.3, -0.25) is 4.98 Å². The lowest BCUT2D eigenvalue weighted by Gasteiger charge is -2.29. The summed E-state index contributed by atoms with van der Waals surface area (Å²) in [6.45, 7) is 0. The molecule has 3 nitrogen and oxygen atoms in total. The number of aliphatic hydroxyl groups is 1. The van der Waals surface area contributed by atoms with Gasteiger partial charge >= 0.3 is 0 Å². The lowest BCUT2D eigenvalue weighted by molar-refractivity contribution is 0.0629. The number of ether oxygens (including phenoxy) is 1. The molecule has 0 aliphatic carbocycles. The zero-order valence-corrected chi connectivity index (χ0v) is 13.4. The van der Waals surface area contributed by atoms with Crippen molar-refractivity contribution in [1.82, 2.24) is 4.98 Å². The van der Waals surface area contributed by atoms with Crippen LogP contribution in [0.2, 0.25) is 0 Å². The van der Waals surface area contributed by atoms with Gasteiger partial charge in [-0.25, -0.2) is 4.39 Å². The third-order valence-corrected chi connectivity index (χ3v) is 4.25. The largest absolute Gasteiger partial charge is 0.483 e. The maximum Gasteiger partial charge on any atom is 0.144 e. The summed E-state index contributed by atoms with van der Waals surface area (Å²) in [6, 6.07) is 6.02. The SMILES string of the molecule is OC1CC(c2ncc(Br)cc2Br)Oc2cc(F)ccc21. The number of halogens is 3. The number of aliphatic hydroxyl groups excluding tert-OH is 1. The first-order valence-corrected chi connectivity index (χ1v) is 7.58. The number of aromatic nitrogens is 1. The Labute approximate surface area is 132 Å². The van der Waals surface area contributed by atoms with Crippen LogP contribution in [0.3, 0.4) is 0 Å². The normalized spacial score (nSPS) is 21.2. The second-order valence-corrected chi connectivity index (χ2v) is 6.33. The first-order chi connectivity index (χ1) is 9.54. The quantitative estimate of drug-likeness (QED) is 0.773. The smallest absolute Gasteiger partial charge is 0.144 e. The van der Waals surface area contributed by atoms with E-state index in [9.17, 15) is 9.50 Å². The predicted octanol–water partition coefficient (Wildman–Crippen LogP) is 4.30. The second kappa shape index (κ2) is 5.42. The van der Waals surface area contributed by atoms with Crippen molar-refractivity contribution in [2.24, 2.45) is 0 Å². The molecule has 0 bridgehead atoms. The van der Waals surface area contributed by atoms with E-state index in [4.69, 9.17) is 4.74 Å². The number of hydrogen-bond acceptors (Lipinski definition) is 3. The summed E-state index contributed by atoms with van der Waals surface area (Å²) in [7, 11) is 0. The molecule has 1 aromatic heterocycles. The minimum atomic E-state index is -0.693. The monoisotopic (exact) mass is 401 g/mol. The molecule has 2 aromatic rings. The van der Waals surface area contributed by atoms with E-state index in [1.54, 1.807) is 12.3 Å². The van der Waals surface area contributed by atoms with Crippen molar-refractivity contribution >= 4 is 31.9 Å². The standard InChI is InChI=1S/C14H10Br2FNO2/c15-7-3-10(16)14(18-6-7)13-5-11(19)9-2-1-8(17)4-12(9)20-13/h1-4,6,11,13,19H,5H2. The average Bonchev–Trinajstić information content (AvgIpc) is 2.37. The van der Waals surface area contributed by atoms with Gasteiger partial charge in [0.25, 0.3) is 0 Å². The van der Waals surface area contributed by atoms with Gasteiger partial charge < -0.3 is 9.84 Å². The van der Waals surface area contributed by atoms with Gasteiger partial charge in [0, 0.05) is 33.2 Å². The van der Waals surface area contributed by atoms with Crippen molar-refractivity contribution in [3.63, 3.8) is 0 Å². The summed E-state index contributed by atoms with van der Waals surface area (Å²) in [5.74, 6) is -0.0233. The van der Waals surface area contributed by atoms with Crippen molar-refractivity contribution < 1.29 is 14.2 Å². The van der Waals surface area contributed by atoms with Crippen LogP contribution in [0.5, 0.6) is 5.75 Å². The van der Waals surface area contributed by atoms with Crippen molar-refractivity contribution in [3.05, 3.63) is 56.5 Å². The molecule has 104 valence electrons. The van der Waals surface area contributed by atoms with Gasteiger partial charge in [0.05, 0.1) is 11.8 Å². The molecule has 2 unspecified atom stereocenters. The van der Waals surface area contributed by atoms with Gasteiger partial charge in [-0.2, -0.15) is 0 Å². The fourth-order valence-electron chi connectivity index (χ4n) is 2.25. The highest BCUT2D eigenvalue weighted by molar-refractivity contribution is 9.11. The summed E-state index contributed by atoms with van der Waals surface area (Å²) >= 11 is 6.76. The molecule has 0 saturated heterocycles. The van der Waals surface area contributed by atoms with Crippen molar-refractivity contribution in [3.8, 4) is 5.75 Å². The Bertz CT molecular complexity index is 666. The summed E-state index contributed by atoms with van der Waals surface area (Å²) in [5.41, 5.74) is 1.29. The van der Waals surface area contributed by atoms with Crippen LogP contribution in [0.1, 0.15) is 29.9 Å². The van der Waals surface area contributed by atoms with Gasteiger partial charge in [0.1, 0.15) is 17.7 Å². The van der Waals surface area contributed by atoms with Gasteiger partial charge in [0.2, 0.25) is 0 Å². The summed E-state index contributed by atoms with van der Waals surface area (Å²) in [4.78, 5) is 4.31. The fraction of sp³-hybridized carbons (Fsp3) is 0.214. The maximum atomic E-state index is 13.3. The van der Waals surface area contributed by atoms with Crippen LogP contribution in [0, 0.1) is 5.82 Å². The van der Waals surface area contributed by atoms with Crippen LogP contribution in [-0.2, 0) is 0 Å². The highest BCUT2D eigenvalue weighted by Gasteiger charge is 2.30. The van der Waals surface area contributed by atoms with Gasteiger partial charge in [0.15, 0.2) is 0 Å². The second-order valence-electron chi connectivity index (χ2n) is 4.56. The van der Waals surface area contributed by atoms with Crippen molar-refractivity contribution in [1.29, 1.82) is 0 Å². The van der Waals surface area contributed by atoms with Gasteiger partial charge in [-0.05, 0) is 50.1 Å². The molecule has 1 aliphatic rings. The highest BCUT2D eigenvalue weighted by atomic mass is 79.9. The molecule has 3 rings (SSSR count). The first kappa shape index (κ1) is 14.0. The van der Waals surface area contributed by atoms with E-state index < -0.39 is 12.2 Å². The van der Waals surface area contributed by atoms with Crippen molar-refractivity contribution in [2.75, 3.05) is 0 Å². The topological polar surface area (TPSA) is 42.4 Å². The number of pyridine rings is 1. The molecule has 2 heterocycles. The van der Waals surface area contributed by atoms with Crippen LogP contribution < -0.4 is 4.74 Å². The average molecular weight is 403 g/mol. The van der Waals surface area contributed by atoms with E-state index in [-0.39, 0.29) is 5.82 Å². The molecule has 1 aromatic carbocycles. The Balaban J connectivity index is 1.98. The van der Waals surface area contributed by atoms with E-state index in [0.717, 1.165) is 8.95 Å². The Hall–Kier alpha value is -0.980. The molecule has 0 amide bonds. The van der Waals surface area contributed by atoms with E-state index in [1.165, 1.54) is 12.1 Å². The predicted molar refractivity (Wildman–Crippen MR) is 79.0 cm³/mol. The van der Waals surface area contributed by atoms with Crippen LogP contribution in [0.25, 0.3) is 0 Å². The van der Waals surface area contributed by atoms with Crippen LogP contribution in [0.15, 0.2) is 39.4 Å². The lowest BCUT2D eigenvalue weighted by atomic mass is 9.97. The minimum Gasteiger partial charge on any atom is -0.483 e. The Morgan fingerprint density at radius 2 is 2.10 bits per heavy atom. The molecule has 1 N–H and O–H groups in total. The fourth-order valence-corrected chi connectivity index (χ4v) is 3.49. The van der Waals surface area contributed by atoms with Crippen LogP contribution in [-0.4, -0.2) is 10.1 Å². The van der Waals surface area contributed by atoms with E-state index >= 15 is 0 Å². The zero-order chi connectivity index (χ0) is 14.3. The molecule has 20 heavy (non-hydrogen) atoms. The first-order valence-electron chi connectivity index (χ1n) is 5.99. The van der Waals surface area contributed by atoms with E-state index in [0.29, 0.717) is 23.4 Å². The third kappa shape index (κ3) is 2.60. The molecule has 0 saturated carbocycles. The molecular weight excluding hydrogens is 393 g/mol. The Morgan fingerprint density at radius 3 is 2.85 bits per heavy atom. The van der Waals surface area contributed by atoms with E-state index in [1.807, 2.05) is 6.07 Å². The summed E-state index contributed by atoms with van der Waals surface area (Å²) in [6.07, 6.45) is 0.937. The Morgan fingerprint density at radius 1 is 1.30 bits per heavy atom. The molecular formula is C14H10Br2FNO2. The zero-order valence-electron chi connectivity index (χ0n) is 10.2. The lowest BCUT2D eigenvalue weighted by Crippen LogP contribution is -2.20. The molecule has 2 atom stereocenters. The molecule has 0 spiro atoms. The number of rotatable bonds is 1. The van der Waals surface area contributed by atoms with E-state index in [2.05, 4.69) is 36.8 Å². The molecule has 0 fully saturated rings. The molecule has 0 radical (unpaired) electrons. The van der Waals surface area contributed by atoms with Gasteiger partial charge in [-0.15, -0.1) is 0 Å². The van der Waals surface area contributed by atoms with Crippen molar-refractivity contribution in [2.45, 2.75) is 18.6 Å². The number of fused-ring (bicyclic) bond motifs is 1. The van der Waals surface area contributed by atoms with Crippen LogP contribution in [0.4, 0.5) is 4.39 Å². The molecule has 1 aliphatic heterocycles. The summed E-state index contributed by atoms with van der Waals surface area (Å²) in [5, 5.41) is 10.2. The van der Waals surface area contributed by atoms with Crippen LogP contribution >= 0.6 is 31.9 Å². The minimum absolute atomic E-state index is 0.366. The van der Waals surface area contributed by atoms with Gasteiger partial charge in [-0.1, -0.05) is 0 Å². The molecule has 6 heteroatoms.